The molecule has 22 heavy (non-hydrogen) atoms. The Morgan fingerprint density at radius 1 is 1.23 bits per heavy atom. The number of nitrogens with one attached hydrogen (secondary N) is 1. The van der Waals surface area contributed by atoms with Gasteiger partial charge in [-0.25, -0.2) is 0 Å². The summed E-state index contributed by atoms with van der Waals surface area (Å²) >= 11 is 11.8. The first-order chi connectivity index (χ1) is 10.5. The Hall–Kier alpha value is -2.17. The van der Waals surface area contributed by atoms with E-state index in [1.165, 1.54) is 13.2 Å². The average molecular weight is 337 g/mol. The monoisotopic (exact) mass is 336 g/mol. The lowest BCUT2D eigenvalue weighted by atomic mass is 10.2. The van der Waals surface area contributed by atoms with Crippen molar-refractivity contribution in [3.63, 3.8) is 0 Å². The largest absolute Gasteiger partial charge is 0.495 e. The fraction of sp³-hybridized carbons (Fsp3) is 0.0625. The van der Waals surface area contributed by atoms with E-state index in [9.17, 15) is 4.79 Å². The fourth-order valence-electron chi connectivity index (χ4n) is 1.80. The molecule has 0 saturated carbocycles. The van der Waals surface area contributed by atoms with Gasteiger partial charge in [0.2, 0.25) is 5.91 Å². The van der Waals surface area contributed by atoms with Gasteiger partial charge in [0, 0.05) is 21.8 Å². The first-order valence-electron chi connectivity index (χ1n) is 6.37. The minimum Gasteiger partial charge on any atom is -0.495 e. The Labute approximate surface area is 138 Å². The first kappa shape index (κ1) is 16.2. The smallest absolute Gasteiger partial charge is 0.248 e. The molecule has 2 aromatic carbocycles. The molecule has 0 aliphatic carbocycles. The van der Waals surface area contributed by atoms with E-state index in [1.807, 2.05) is 0 Å². The number of carbonyl (C=O) groups excluding carboxylic acids is 1. The molecule has 114 valence electrons. The topological polar surface area (TPSA) is 64.3 Å². The van der Waals surface area contributed by atoms with Crippen LogP contribution in [0.25, 0.3) is 6.08 Å². The molecule has 4 nitrogen and oxygen atoms in total. The van der Waals surface area contributed by atoms with Gasteiger partial charge in [-0.3, -0.25) is 4.79 Å². The Kier molecular flexibility index (Phi) is 5.31. The van der Waals surface area contributed by atoms with Crippen molar-refractivity contribution in [2.75, 3.05) is 18.2 Å². The Morgan fingerprint density at radius 3 is 2.64 bits per heavy atom. The summed E-state index contributed by atoms with van der Waals surface area (Å²) in [5.74, 6) is 0.261. The van der Waals surface area contributed by atoms with E-state index in [4.69, 9.17) is 33.7 Å². The summed E-state index contributed by atoms with van der Waals surface area (Å²) < 4.78 is 5.06. The molecular formula is C16H14Cl2N2O2. The van der Waals surface area contributed by atoms with Gasteiger partial charge in [0.1, 0.15) is 5.75 Å². The minimum absolute atomic E-state index is 0.296. The van der Waals surface area contributed by atoms with Gasteiger partial charge in [-0.15, -0.1) is 0 Å². The number of rotatable bonds is 4. The quantitative estimate of drug-likeness (QED) is 0.648. The third-order valence-electron chi connectivity index (χ3n) is 2.87. The van der Waals surface area contributed by atoms with Gasteiger partial charge in [0.05, 0.1) is 12.8 Å². The first-order valence-corrected chi connectivity index (χ1v) is 7.13. The summed E-state index contributed by atoms with van der Waals surface area (Å²) in [6.45, 7) is 0. The van der Waals surface area contributed by atoms with Gasteiger partial charge in [-0.1, -0.05) is 29.3 Å². The van der Waals surface area contributed by atoms with Crippen molar-refractivity contribution in [2.45, 2.75) is 0 Å². The van der Waals surface area contributed by atoms with E-state index in [0.717, 1.165) is 0 Å². The van der Waals surface area contributed by atoms with Crippen LogP contribution in [0.3, 0.4) is 0 Å². The molecule has 0 spiro atoms. The minimum atomic E-state index is -0.296. The standard InChI is InChI=1S/C16H14Cl2N2O2/c1-22-15-6-5-12(9-14(15)19)20-16(21)7-3-10-2-4-11(17)8-13(10)18/h2-9H,19H2,1H3,(H,20,21)/b7-3+. The molecule has 0 aliphatic rings. The number of amides is 1. The van der Waals surface area contributed by atoms with Crippen LogP contribution >= 0.6 is 23.2 Å². The highest BCUT2D eigenvalue weighted by Gasteiger charge is 2.03. The summed E-state index contributed by atoms with van der Waals surface area (Å²) in [5, 5.41) is 3.72. The number of nitrogens with two attached hydrogens (primary N) is 1. The molecule has 2 rings (SSSR count). The lowest BCUT2D eigenvalue weighted by molar-refractivity contribution is -0.111. The lowest BCUT2D eigenvalue weighted by Crippen LogP contribution is -2.08. The molecule has 0 bridgehead atoms. The predicted octanol–water partition coefficient (Wildman–Crippen LogP) is 4.24. The molecule has 0 aromatic heterocycles. The van der Waals surface area contributed by atoms with Gasteiger partial charge in [0.15, 0.2) is 0 Å². The van der Waals surface area contributed by atoms with Crippen molar-refractivity contribution in [1.29, 1.82) is 0 Å². The van der Waals surface area contributed by atoms with Crippen molar-refractivity contribution >= 4 is 46.6 Å². The molecule has 0 aliphatic heterocycles. The summed E-state index contributed by atoms with van der Waals surface area (Å²) in [6.07, 6.45) is 3.00. The molecule has 0 fully saturated rings. The third kappa shape index (κ3) is 4.16. The summed E-state index contributed by atoms with van der Waals surface area (Å²) in [6, 6.07) is 10.1. The number of hydrogen-bond donors (Lipinski definition) is 2. The molecular weight excluding hydrogens is 323 g/mol. The third-order valence-corrected chi connectivity index (χ3v) is 3.44. The van der Waals surface area contributed by atoms with Crippen LogP contribution in [0, 0.1) is 0 Å². The molecule has 3 N–H and O–H groups in total. The normalized spacial score (nSPS) is 10.7. The Bertz CT molecular complexity index is 730. The molecule has 0 heterocycles. The molecule has 0 saturated heterocycles. The zero-order chi connectivity index (χ0) is 16.1. The van der Waals surface area contributed by atoms with Gasteiger partial charge in [-0.2, -0.15) is 0 Å². The highest BCUT2D eigenvalue weighted by Crippen LogP contribution is 2.25. The zero-order valence-electron chi connectivity index (χ0n) is 11.8. The molecule has 0 atom stereocenters. The number of benzene rings is 2. The molecule has 0 unspecified atom stereocenters. The maximum absolute atomic E-state index is 11.9. The van der Waals surface area contributed by atoms with E-state index in [1.54, 1.807) is 42.5 Å². The highest BCUT2D eigenvalue weighted by atomic mass is 35.5. The highest BCUT2D eigenvalue weighted by molar-refractivity contribution is 6.35. The van der Waals surface area contributed by atoms with Crippen LogP contribution in [0.15, 0.2) is 42.5 Å². The number of halogens is 2. The van der Waals surface area contributed by atoms with Crippen LogP contribution in [0.5, 0.6) is 5.75 Å². The average Bonchev–Trinajstić information content (AvgIpc) is 2.46. The van der Waals surface area contributed by atoms with E-state index in [2.05, 4.69) is 5.32 Å². The number of hydrogen-bond acceptors (Lipinski definition) is 3. The van der Waals surface area contributed by atoms with E-state index >= 15 is 0 Å². The van der Waals surface area contributed by atoms with Crippen molar-refractivity contribution in [1.82, 2.24) is 0 Å². The van der Waals surface area contributed by atoms with Crippen molar-refractivity contribution in [3.05, 3.63) is 58.1 Å². The molecule has 1 amide bonds. The maximum atomic E-state index is 11.9. The van der Waals surface area contributed by atoms with Crippen LogP contribution in [0.2, 0.25) is 10.0 Å². The van der Waals surface area contributed by atoms with E-state index < -0.39 is 0 Å². The van der Waals surface area contributed by atoms with E-state index in [-0.39, 0.29) is 5.91 Å². The molecule has 0 radical (unpaired) electrons. The number of carbonyl (C=O) groups is 1. The van der Waals surface area contributed by atoms with Crippen LogP contribution in [-0.2, 0) is 4.79 Å². The van der Waals surface area contributed by atoms with Gasteiger partial charge in [-0.05, 0) is 42.0 Å². The Morgan fingerprint density at radius 2 is 2.00 bits per heavy atom. The van der Waals surface area contributed by atoms with Crippen molar-refractivity contribution in [3.8, 4) is 5.75 Å². The lowest BCUT2D eigenvalue weighted by Gasteiger charge is -2.07. The predicted molar refractivity (Wildman–Crippen MR) is 91.5 cm³/mol. The number of ether oxygens (including phenoxy) is 1. The van der Waals surface area contributed by atoms with Gasteiger partial charge < -0.3 is 15.8 Å². The Balaban J connectivity index is 2.06. The van der Waals surface area contributed by atoms with Gasteiger partial charge >= 0.3 is 0 Å². The van der Waals surface area contributed by atoms with Crippen molar-refractivity contribution in [2.24, 2.45) is 0 Å². The maximum Gasteiger partial charge on any atom is 0.248 e. The number of anilines is 2. The van der Waals surface area contributed by atoms with Crippen LogP contribution in [0.4, 0.5) is 11.4 Å². The second-order valence-corrected chi connectivity index (χ2v) is 5.29. The molecule has 6 heteroatoms. The second-order valence-electron chi connectivity index (χ2n) is 4.45. The second kappa shape index (κ2) is 7.20. The fourth-order valence-corrected chi connectivity index (χ4v) is 2.27. The zero-order valence-corrected chi connectivity index (χ0v) is 13.3. The van der Waals surface area contributed by atoms with Gasteiger partial charge in [0.25, 0.3) is 0 Å². The van der Waals surface area contributed by atoms with Crippen LogP contribution in [0.1, 0.15) is 5.56 Å². The number of methoxy groups -OCH3 is 1. The summed E-state index contributed by atoms with van der Waals surface area (Å²) in [7, 11) is 1.53. The SMILES string of the molecule is COc1ccc(NC(=O)/C=C/c2ccc(Cl)cc2Cl)cc1N. The van der Waals surface area contributed by atoms with Crippen molar-refractivity contribution < 1.29 is 9.53 Å². The van der Waals surface area contributed by atoms with E-state index in [0.29, 0.717) is 32.7 Å². The number of nitrogen functional groups attached to an aromatic ring is 1. The summed E-state index contributed by atoms with van der Waals surface area (Å²) in [5.41, 5.74) is 7.51. The van der Waals surface area contributed by atoms with Crippen LogP contribution in [-0.4, -0.2) is 13.0 Å². The van der Waals surface area contributed by atoms with Crippen LogP contribution < -0.4 is 15.8 Å². The molecule has 2 aromatic rings. The summed E-state index contributed by atoms with van der Waals surface area (Å²) in [4.78, 5) is 11.9.